The Morgan fingerprint density at radius 3 is 2.35 bits per heavy atom. The molecule has 5 N–H and O–H groups in total. The third kappa shape index (κ3) is 3.63. The van der Waals surface area contributed by atoms with Crippen molar-refractivity contribution in [3.05, 3.63) is 69.4 Å². The predicted molar refractivity (Wildman–Crippen MR) is 95.4 cm³/mol. The summed E-state index contributed by atoms with van der Waals surface area (Å²) < 4.78 is 24.1. The molecule has 3 aromatic rings. The number of nitrogens with one attached hydrogen (secondary N) is 3. The number of carbonyl (C=O) groups is 1. The molecule has 11 heteroatoms. The Balaban J connectivity index is 1.95. The van der Waals surface area contributed by atoms with Gasteiger partial charge in [0.25, 0.3) is 15.8 Å². The number of nitrogens with zero attached hydrogens (tertiary/aromatic N) is 1. The van der Waals surface area contributed by atoms with Crippen LogP contribution in [0.25, 0.3) is 16.6 Å². The van der Waals surface area contributed by atoms with E-state index in [9.17, 15) is 22.8 Å². The highest BCUT2D eigenvalue weighted by molar-refractivity contribution is 7.87. The molecule has 1 aromatic heterocycles. The third-order valence-electron chi connectivity index (χ3n) is 3.42. The number of rotatable bonds is 3. The fourth-order valence-electron chi connectivity index (χ4n) is 2.38. The first-order chi connectivity index (χ1) is 12.2. The molecule has 0 aliphatic rings. The molecule has 0 bridgehead atoms. The number of carbonyl (C=O) groups excluding carboxylic acids is 1. The molecule has 134 valence electrons. The standard InChI is InChI=1S/C15H13N5O5S/c16-26(24,25)19-14(22)17-9-5-7-10(8-6-9)20-13(21)11-3-1-2-4-12(11)18-15(20)23/h1-8H,(H,18,23)(H2,16,24,25)(H2,17,19,22). The quantitative estimate of drug-likeness (QED) is 0.507. The predicted octanol–water partition coefficient (Wildman–Crippen LogP) is 0.00400. The van der Waals surface area contributed by atoms with Crippen LogP contribution in [-0.2, 0) is 10.2 Å². The number of hydrogen-bond acceptors (Lipinski definition) is 5. The molecule has 0 aliphatic carbocycles. The van der Waals surface area contributed by atoms with E-state index in [4.69, 9.17) is 5.14 Å². The lowest BCUT2D eigenvalue weighted by Gasteiger charge is -2.09. The van der Waals surface area contributed by atoms with Crippen molar-refractivity contribution in [3.63, 3.8) is 0 Å². The van der Waals surface area contributed by atoms with E-state index in [1.165, 1.54) is 24.3 Å². The van der Waals surface area contributed by atoms with Gasteiger partial charge < -0.3 is 10.3 Å². The van der Waals surface area contributed by atoms with Gasteiger partial charge in [-0.2, -0.15) is 8.42 Å². The van der Waals surface area contributed by atoms with Crippen molar-refractivity contribution < 1.29 is 13.2 Å². The van der Waals surface area contributed by atoms with Gasteiger partial charge in [-0.15, -0.1) is 0 Å². The van der Waals surface area contributed by atoms with Crippen molar-refractivity contribution in [3.8, 4) is 5.69 Å². The number of hydrogen-bond donors (Lipinski definition) is 4. The van der Waals surface area contributed by atoms with Crippen LogP contribution >= 0.6 is 0 Å². The molecule has 0 fully saturated rings. The average Bonchev–Trinajstić information content (AvgIpc) is 2.54. The Bertz CT molecular complexity index is 1210. The number of benzene rings is 2. The van der Waals surface area contributed by atoms with E-state index in [0.717, 1.165) is 4.57 Å². The Kier molecular flexibility index (Phi) is 4.32. The maximum absolute atomic E-state index is 12.6. The minimum Gasteiger partial charge on any atom is -0.307 e. The number of aromatic amines is 1. The number of fused-ring (bicyclic) bond motifs is 1. The number of para-hydroxylation sites is 1. The van der Waals surface area contributed by atoms with Gasteiger partial charge in [-0.1, -0.05) is 12.1 Å². The molecule has 0 unspecified atom stereocenters. The molecule has 0 saturated heterocycles. The maximum Gasteiger partial charge on any atom is 0.333 e. The summed E-state index contributed by atoms with van der Waals surface area (Å²) in [4.78, 5) is 38.8. The zero-order valence-corrected chi connectivity index (χ0v) is 13.9. The van der Waals surface area contributed by atoms with E-state index < -0.39 is 27.5 Å². The van der Waals surface area contributed by atoms with Crippen LogP contribution in [0.3, 0.4) is 0 Å². The van der Waals surface area contributed by atoms with Crippen LogP contribution in [0, 0.1) is 0 Å². The summed E-state index contributed by atoms with van der Waals surface area (Å²) in [7, 11) is -4.18. The largest absolute Gasteiger partial charge is 0.333 e. The van der Waals surface area contributed by atoms with Gasteiger partial charge in [0.1, 0.15) is 0 Å². The minimum atomic E-state index is -4.18. The molecule has 26 heavy (non-hydrogen) atoms. The van der Waals surface area contributed by atoms with Crippen molar-refractivity contribution in [1.29, 1.82) is 0 Å². The summed E-state index contributed by atoms with van der Waals surface area (Å²) in [5.74, 6) is 0. The normalized spacial score (nSPS) is 11.3. The number of H-pyrrole nitrogens is 1. The van der Waals surface area contributed by atoms with Crippen molar-refractivity contribution in [2.24, 2.45) is 5.14 Å². The highest BCUT2D eigenvalue weighted by Gasteiger charge is 2.11. The van der Waals surface area contributed by atoms with E-state index in [1.807, 2.05) is 0 Å². The molecule has 0 atom stereocenters. The summed E-state index contributed by atoms with van der Waals surface area (Å²) >= 11 is 0. The zero-order valence-electron chi connectivity index (χ0n) is 13.1. The Hall–Kier alpha value is -3.44. The smallest absolute Gasteiger partial charge is 0.307 e. The number of nitrogens with two attached hydrogens (primary N) is 1. The topological polar surface area (TPSA) is 156 Å². The zero-order chi connectivity index (χ0) is 18.9. The lowest BCUT2D eigenvalue weighted by Crippen LogP contribution is -2.38. The second kappa shape index (κ2) is 6.46. The van der Waals surface area contributed by atoms with Crippen LogP contribution in [0.1, 0.15) is 0 Å². The fraction of sp³-hybridized carbons (Fsp3) is 0. The molecule has 0 aliphatic heterocycles. The van der Waals surface area contributed by atoms with Gasteiger partial charge in [-0.05, 0) is 36.4 Å². The van der Waals surface area contributed by atoms with E-state index in [2.05, 4.69) is 10.3 Å². The van der Waals surface area contributed by atoms with Crippen LogP contribution in [0.15, 0.2) is 58.1 Å². The molecule has 0 spiro atoms. The Labute approximate surface area is 146 Å². The Morgan fingerprint density at radius 2 is 1.69 bits per heavy atom. The number of urea groups is 1. The Morgan fingerprint density at radius 1 is 1.04 bits per heavy atom. The van der Waals surface area contributed by atoms with Crippen molar-refractivity contribution in [1.82, 2.24) is 14.3 Å². The van der Waals surface area contributed by atoms with Gasteiger partial charge in [-0.3, -0.25) is 4.79 Å². The second-order valence-electron chi connectivity index (χ2n) is 5.26. The first-order valence-electron chi connectivity index (χ1n) is 7.21. The van der Waals surface area contributed by atoms with Gasteiger partial charge in [0.15, 0.2) is 0 Å². The highest BCUT2D eigenvalue weighted by Crippen LogP contribution is 2.12. The molecule has 1 heterocycles. The summed E-state index contributed by atoms with van der Waals surface area (Å²) in [6.45, 7) is 0. The van der Waals surface area contributed by atoms with Gasteiger partial charge in [0.05, 0.1) is 16.6 Å². The molecule has 0 saturated carbocycles. The SMILES string of the molecule is NS(=O)(=O)NC(=O)Nc1ccc(-n2c(=O)[nH]c3ccccc3c2=O)cc1. The summed E-state index contributed by atoms with van der Waals surface area (Å²) in [5.41, 5.74) is -0.158. The van der Waals surface area contributed by atoms with E-state index >= 15 is 0 Å². The number of aromatic nitrogens is 2. The molecular formula is C15H13N5O5S. The summed E-state index contributed by atoms with van der Waals surface area (Å²) in [5, 5.41) is 7.30. The molecule has 3 rings (SSSR count). The lowest BCUT2D eigenvalue weighted by molar-refractivity contribution is 0.256. The average molecular weight is 375 g/mol. The maximum atomic E-state index is 12.6. The van der Waals surface area contributed by atoms with E-state index in [0.29, 0.717) is 10.9 Å². The lowest BCUT2D eigenvalue weighted by atomic mass is 10.2. The van der Waals surface area contributed by atoms with Crippen molar-refractivity contribution in [2.45, 2.75) is 0 Å². The van der Waals surface area contributed by atoms with Crippen LogP contribution in [0.2, 0.25) is 0 Å². The minimum absolute atomic E-state index is 0.236. The van der Waals surface area contributed by atoms with E-state index in [1.54, 1.807) is 29.0 Å². The molecular weight excluding hydrogens is 362 g/mol. The van der Waals surface area contributed by atoms with Gasteiger partial charge >= 0.3 is 11.7 Å². The van der Waals surface area contributed by atoms with Crippen LogP contribution in [0.4, 0.5) is 10.5 Å². The van der Waals surface area contributed by atoms with Gasteiger partial charge in [0, 0.05) is 5.69 Å². The number of anilines is 1. The first kappa shape index (κ1) is 17.4. The van der Waals surface area contributed by atoms with Crippen LogP contribution in [-0.4, -0.2) is 24.0 Å². The van der Waals surface area contributed by atoms with Crippen molar-refractivity contribution in [2.75, 3.05) is 5.32 Å². The second-order valence-corrected chi connectivity index (χ2v) is 6.56. The van der Waals surface area contributed by atoms with Crippen LogP contribution < -0.4 is 26.4 Å². The van der Waals surface area contributed by atoms with Crippen molar-refractivity contribution >= 4 is 32.8 Å². The van der Waals surface area contributed by atoms with Crippen LogP contribution in [0.5, 0.6) is 0 Å². The highest BCUT2D eigenvalue weighted by atomic mass is 32.2. The van der Waals surface area contributed by atoms with Gasteiger partial charge in [0.2, 0.25) is 0 Å². The fourth-order valence-corrected chi connectivity index (χ4v) is 2.69. The summed E-state index contributed by atoms with van der Waals surface area (Å²) in [6, 6.07) is 11.2. The molecule has 10 nitrogen and oxygen atoms in total. The van der Waals surface area contributed by atoms with E-state index in [-0.39, 0.29) is 11.4 Å². The third-order valence-corrected chi connectivity index (χ3v) is 3.89. The molecule has 2 amide bonds. The van der Waals surface area contributed by atoms with Gasteiger partial charge in [-0.25, -0.2) is 24.0 Å². The number of amides is 2. The molecule has 0 radical (unpaired) electrons. The summed E-state index contributed by atoms with van der Waals surface area (Å²) in [6.07, 6.45) is 0. The first-order valence-corrected chi connectivity index (χ1v) is 8.75. The molecule has 2 aromatic carbocycles. The monoisotopic (exact) mass is 375 g/mol.